The Labute approximate surface area is 144 Å². The van der Waals surface area contributed by atoms with Gasteiger partial charge in [0.25, 0.3) is 0 Å². The van der Waals surface area contributed by atoms with Gasteiger partial charge in [-0.3, -0.25) is 0 Å². The Bertz CT molecular complexity index is 709. The van der Waals surface area contributed by atoms with Crippen molar-refractivity contribution in [3.63, 3.8) is 0 Å². The molecule has 134 valence electrons. The average Bonchev–Trinajstić information content (AvgIpc) is 2.61. The molecule has 0 unspecified atom stereocenters. The Kier molecular flexibility index (Phi) is 6.20. The zero-order valence-electron chi connectivity index (χ0n) is 14.4. The van der Waals surface area contributed by atoms with Crippen molar-refractivity contribution in [2.24, 2.45) is 0 Å². The Morgan fingerprint density at radius 1 is 1.16 bits per heavy atom. The van der Waals surface area contributed by atoms with E-state index in [9.17, 15) is 4.79 Å². The maximum Gasteiger partial charge on any atom is 0.343 e. The largest absolute Gasteiger partial charge is 0.466 e. The number of hydrogen-bond donors (Lipinski definition) is 1. The lowest BCUT2D eigenvalue weighted by molar-refractivity contribution is -0.143. The quantitative estimate of drug-likeness (QED) is 0.670. The molecule has 25 heavy (non-hydrogen) atoms. The molecule has 2 aromatic heterocycles. The molecule has 0 saturated carbocycles. The Morgan fingerprint density at radius 3 is 2.48 bits per heavy atom. The molecule has 0 radical (unpaired) electrons. The summed E-state index contributed by atoms with van der Waals surface area (Å²) in [5.41, 5.74) is 0. The maximum atomic E-state index is 11.0. The van der Waals surface area contributed by atoms with Crippen LogP contribution in [0.2, 0.25) is 0 Å². The summed E-state index contributed by atoms with van der Waals surface area (Å²) in [5.74, 6) is 0.646. The second-order valence-electron chi connectivity index (χ2n) is 4.84. The summed E-state index contributed by atoms with van der Waals surface area (Å²) in [7, 11) is 4.89. The van der Waals surface area contributed by atoms with Crippen LogP contribution in [0.15, 0.2) is 12.1 Å². The molecule has 0 bridgehead atoms. The number of aromatic nitrogens is 5. The normalized spacial score (nSPS) is 10.1. The monoisotopic (exact) mass is 349 g/mol. The minimum atomic E-state index is -0.514. The first kappa shape index (κ1) is 18.1. The van der Waals surface area contributed by atoms with Crippen molar-refractivity contribution in [2.75, 3.05) is 44.6 Å². The van der Waals surface area contributed by atoms with Gasteiger partial charge < -0.3 is 24.4 Å². The van der Waals surface area contributed by atoms with Gasteiger partial charge in [0.2, 0.25) is 23.7 Å². The number of esters is 1. The van der Waals surface area contributed by atoms with Gasteiger partial charge in [0.05, 0.1) is 7.11 Å². The SMILES string of the molecule is CCNc1nc(Oc2ccc(OCC(=O)OC)nn2)nc(N(C)C)n1. The van der Waals surface area contributed by atoms with E-state index in [1.807, 2.05) is 21.0 Å². The lowest BCUT2D eigenvalue weighted by Crippen LogP contribution is -2.16. The predicted molar refractivity (Wildman–Crippen MR) is 87.9 cm³/mol. The van der Waals surface area contributed by atoms with Crippen LogP contribution in [-0.2, 0) is 9.53 Å². The van der Waals surface area contributed by atoms with Crippen molar-refractivity contribution in [1.29, 1.82) is 0 Å². The molecular weight excluding hydrogens is 330 g/mol. The van der Waals surface area contributed by atoms with Crippen molar-refractivity contribution in [3.05, 3.63) is 12.1 Å². The molecule has 0 spiro atoms. The third-order valence-electron chi connectivity index (χ3n) is 2.72. The minimum absolute atomic E-state index is 0.0761. The third-order valence-corrected chi connectivity index (χ3v) is 2.72. The number of ether oxygens (including phenoxy) is 3. The summed E-state index contributed by atoms with van der Waals surface area (Å²) >= 11 is 0. The Hall–Kier alpha value is -3.24. The summed E-state index contributed by atoms with van der Waals surface area (Å²) < 4.78 is 15.1. The highest BCUT2D eigenvalue weighted by molar-refractivity contribution is 5.70. The summed E-state index contributed by atoms with van der Waals surface area (Å²) in [6, 6.07) is 3.10. The van der Waals surface area contributed by atoms with Crippen molar-refractivity contribution < 1.29 is 19.0 Å². The number of rotatable bonds is 8. The number of methoxy groups -OCH3 is 1. The Morgan fingerprint density at radius 2 is 1.88 bits per heavy atom. The van der Waals surface area contributed by atoms with Crippen molar-refractivity contribution in [3.8, 4) is 17.8 Å². The standard InChI is InChI=1S/C14H19N7O4/c1-5-15-12-16-13(21(2)3)18-14(17-12)25-10-7-6-9(19-20-10)24-8-11(22)23-4/h6-7H,5,8H2,1-4H3,(H,15,16,17,18). The van der Waals surface area contributed by atoms with E-state index >= 15 is 0 Å². The molecule has 0 aromatic carbocycles. The highest BCUT2D eigenvalue weighted by Crippen LogP contribution is 2.19. The van der Waals surface area contributed by atoms with Gasteiger partial charge in [-0.15, -0.1) is 10.2 Å². The molecule has 2 aromatic rings. The zero-order valence-corrected chi connectivity index (χ0v) is 14.4. The third kappa shape index (κ3) is 5.41. The van der Waals surface area contributed by atoms with E-state index < -0.39 is 5.97 Å². The predicted octanol–water partition coefficient (Wildman–Crippen LogP) is 0.503. The van der Waals surface area contributed by atoms with Gasteiger partial charge in [-0.05, 0) is 6.92 Å². The zero-order chi connectivity index (χ0) is 18.2. The number of carbonyl (C=O) groups excluding carboxylic acids is 1. The van der Waals surface area contributed by atoms with Gasteiger partial charge in [-0.2, -0.15) is 15.0 Å². The van der Waals surface area contributed by atoms with Gasteiger partial charge >= 0.3 is 12.0 Å². The van der Waals surface area contributed by atoms with Crippen LogP contribution in [0.4, 0.5) is 11.9 Å². The molecule has 0 fully saturated rings. The van der Waals surface area contributed by atoms with E-state index in [4.69, 9.17) is 9.47 Å². The lowest BCUT2D eigenvalue weighted by atomic mass is 10.5. The fraction of sp³-hybridized carbons (Fsp3) is 0.429. The van der Waals surface area contributed by atoms with Gasteiger partial charge in [-0.25, -0.2) is 4.79 Å². The fourth-order valence-electron chi connectivity index (χ4n) is 1.55. The van der Waals surface area contributed by atoms with Crippen LogP contribution in [0, 0.1) is 0 Å². The second-order valence-corrected chi connectivity index (χ2v) is 4.84. The van der Waals surface area contributed by atoms with Crippen LogP contribution < -0.4 is 19.7 Å². The van der Waals surface area contributed by atoms with Gasteiger partial charge in [0, 0.05) is 32.8 Å². The summed E-state index contributed by atoms with van der Waals surface area (Å²) in [5, 5.41) is 10.6. The highest BCUT2D eigenvalue weighted by atomic mass is 16.6. The number of nitrogens with one attached hydrogen (secondary N) is 1. The number of anilines is 2. The number of hydrogen-bond acceptors (Lipinski definition) is 11. The average molecular weight is 349 g/mol. The molecule has 2 rings (SSSR count). The van der Waals surface area contributed by atoms with Crippen LogP contribution in [-0.4, -0.2) is 65.5 Å². The maximum absolute atomic E-state index is 11.0. The molecule has 1 N–H and O–H groups in total. The van der Waals surface area contributed by atoms with Crippen molar-refractivity contribution >= 4 is 17.9 Å². The van der Waals surface area contributed by atoms with Crippen molar-refractivity contribution in [1.82, 2.24) is 25.1 Å². The first-order chi connectivity index (χ1) is 12.0. The van der Waals surface area contributed by atoms with E-state index in [2.05, 4.69) is 35.2 Å². The highest BCUT2D eigenvalue weighted by Gasteiger charge is 2.11. The molecule has 11 nitrogen and oxygen atoms in total. The fourth-order valence-corrected chi connectivity index (χ4v) is 1.55. The topological polar surface area (TPSA) is 124 Å². The molecule has 0 saturated heterocycles. The van der Waals surface area contributed by atoms with E-state index in [1.54, 1.807) is 4.90 Å². The van der Waals surface area contributed by atoms with Crippen LogP contribution >= 0.6 is 0 Å². The summed E-state index contributed by atoms with van der Waals surface area (Å²) in [6.45, 7) is 2.33. The van der Waals surface area contributed by atoms with Crippen LogP contribution in [0.5, 0.6) is 17.8 Å². The smallest absolute Gasteiger partial charge is 0.343 e. The molecule has 2 heterocycles. The molecular formula is C14H19N7O4. The van der Waals surface area contributed by atoms with Crippen LogP contribution in [0.1, 0.15) is 6.92 Å². The molecule has 0 amide bonds. The minimum Gasteiger partial charge on any atom is -0.466 e. The first-order valence-electron chi connectivity index (χ1n) is 7.40. The molecule has 0 aliphatic heterocycles. The van der Waals surface area contributed by atoms with Gasteiger partial charge in [0.1, 0.15) is 0 Å². The second kappa shape index (κ2) is 8.57. The Balaban J connectivity index is 2.09. The van der Waals surface area contributed by atoms with E-state index in [1.165, 1.54) is 19.2 Å². The van der Waals surface area contributed by atoms with Crippen LogP contribution in [0.25, 0.3) is 0 Å². The van der Waals surface area contributed by atoms with Gasteiger partial charge in [-0.1, -0.05) is 0 Å². The molecule has 11 heteroatoms. The first-order valence-corrected chi connectivity index (χ1v) is 7.40. The van der Waals surface area contributed by atoms with Gasteiger partial charge in [0.15, 0.2) is 6.61 Å². The van der Waals surface area contributed by atoms with E-state index in [-0.39, 0.29) is 24.4 Å². The molecule has 0 aliphatic rings. The lowest BCUT2D eigenvalue weighted by Gasteiger charge is -2.12. The number of carbonyl (C=O) groups is 1. The van der Waals surface area contributed by atoms with E-state index in [0.29, 0.717) is 18.4 Å². The number of nitrogens with zero attached hydrogens (tertiary/aromatic N) is 6. The molecule has 0 atom stereocenters. The van der Waals surface area contributed by atoms with Crippen LogP contribution in [0.3, 0.4) is 0 Å². The van der Waals surface area contributed by atoms with E-state index in [0.717, 1.165) is 0 Å². The summed E-state index contributed by atoms with van der Waals surface area (Å²) in [6.07, 6.45) is 0. The molecule has 0 aliphatic carbocycles. The van der Waals surface area contributed by atoms with Crippen molar-refractivity contribution in [2.45, 2.75) is 6.92 Å². The summed E-state index contributed by atoms with van der Waals surface area (Å²) in [4.78, 5) is 25.3.